The van der Waals surface area contributed by atoms with Gasteiger partial charge >= 0.3 is 0 Å². The van der Waals surface area contributed by atoms with Gasteiger partial charge in [0.1, 0.15) is 22.1 Å². The Labute approximate surface area is 205 Å². The van der Waals surface area contributed by atoms with Crippen LogP contribution in [-0.2, 0) is 6.42 Å². The van der Waals surface area contributed by atoms with E-state index in [1.807, 2.05) is 42.2 Å². The molecule has 6 rings (SSSR count). The van der Waals surface area contributed by atoms with Crippen molar-refractivity contribution in [2.24, 2.45) is 5.92 Å². The molecule has 3 aliphatic rings. The summed E-state index contributed by atoms with van der Waals surface area (Å²) in [5.41, 5.74) is 9.42. The highest BCUT2D eigenvalue weighted by atomic mass is 32.1. The summed E-state index contributed by atoms with van der Waals surface area (Å²) in [6.45, 7) is 3.47. The zero-order valence-corrected chi connectivity index (χ0v) is 20.1. The van der Waals surface area contributed by atoms with E-state index in [9.17, 15) is 13.6 Å². The Morgan fingerprint density at radius 1 is 1.31 bits per heavy atom. The highest BCUT2D eigenvalue weighted by Crippen LogP contribution is 2.40. The fourth-order valence-electron chi connectivity index (χ4n) is 5.42. The highest BCUT2D eigenvalue weighted by molar-refractivity contribution is 7.21. The first-order chi connectivity index (χ1) is 16.8. The van der Waals surface area contributed by atoms with Gasteiger partial charge in [-0.05, 0) is 37.1 Å². The monoisotopic (exact) mass is 499 g/mol. The summed E-state index contributed by atoms with van der Waals surface area (Å²) in [4.78, 5) is 20.7. The van der Waals surface area contributed by atoms with Gasteiger partial charge in [-0.15, -0.1) is 11.3 Å². The minimum absolute atomic E-state index is 0.105. The van der Waals surface area contributed by atoms with Crippen LogP contribution in [-0.4, -0.2) is 55.1 Å². The van der Waals surface area contributed by atoms with Crippen molar-refractivity contribution >= 4 is 38.8 Å². The Bertz CT molecular complexity index is 1310. The molecule has 1 aromatic carbocycles. The third-order valence-electron chi connectivity index (χ3n) is 7.32. The lowest BCUT2D eigenvalue weighted by Crippen LogP contribution is -2.51. The van der Waals surface area contributed by atoms with Gasteiger partial charge in [0.15, 0.2) is 0 Å². The maximum atomic E-state index is 14.4. The molecule has 2 saturated heterocycles. The number of nitrogens with two attached hydrogens (primary N) is 1. The Balaban J connectivity index is 1.14. The molecule has 2 aromatic heterocycles. The van der Waals surface area contributed by atoms with Gasteiger partial charge in [-0.1, -0.05) is 6.07 Å². The van der Waals surface area contributed by atoms with Crippen molar-refractivity contribution in [3.05, 3.63) is 46.5 Å². The Morgan fingerprint density at radius 2 is 2.17 bits per heavy atom. The maximum absolute atomic E-state index is 14.4. The maximum Gasteiger partial charge on any atom is 0.263 e. The van der Waals surface area contributed by atoms with Gasteiger partial charge in [0, 0.05) is 54.9 Å². The predicted octanol–water partition coefficient (Wildman–Crippen LogP) is 3.35. The molecule has 0 aliphatic carbocycles. The second-order valence-electron chi connectivity index (χ2n) is 9.71. The molecular weight excluding hydrogens is 472 g/mol. The number of nitrogens with one attached hydrogen (secondary N) is 2. The molecule has 5 heterocycles. The van der Waals surface area contributed by atoms with E-state index < -0.39 is 11.8 Å². The van der Waals surface area contributed by atoms with Gasteiger partial charge in [0.2, 0.25) is 0 Å². The van der Waals surface area contributed by atoms with E-state index in [0.717, 1.165) is 32.9 Å². The van der Waals surface area contributed by atoms with Crippen LogP contribution in [0.15, 0.2) is 30.3 Å². The third kappa shape index (κ3) is 3.98. The van der Waals surface area contributed by atoms with Gasteiger partial charge in [0.25, 0.3) is 11.8 Å². The molecule has 0 spiro atoms. The number of carbonyl (C=O) groups excluding carboxylic acids is 1. The lowest BCUT2D eigenvalue weighted by atomic mass is 9.90. The van der Waals surface area contributed by atoms with E-state index in [1.54, 1.807) is 0 Å². The smallest absolute Gasteiger partial charge is 0.263 e. The molecule has 3 aromatic rings. The van der Waals surface area contributed by atoms with Gasteiger partial charge in [-0.3, -0.25) is 4.79 Å². The zero-order valence-electron chi connectivity index (χ0n) is 19.3. The van der Waals surface area contributed by atoms with Crippen LogP contribution >= 0.6 is 11.3 Å². The van der Waals surface area contributed by atoms with Crippen LogP contribution in [0.25, 0.3) is 10.2 Å². The number of rotatable bonds is 3. The predicted molar refractivity (Wildman–Crippen MR) is 133 cm³/mol. The topological polar surface area (TPSA) is 92.5 Å². The third-order valence-corrected chi connectivity index (χ3v) is 8.44. The Hall–Kier alpha value is -2.98. The fourth-order valence-corrected chi connectivity index (χ4v) is 6.46. The molecule has 184 valence electrons. The largest absolute Gasteiger partial charge is 0.491 e. The molecule has 7 nitrogen and oxygen atoms in total. The number of alkyl halides is 2. The summed E-state index contributed by atoms with van der Waals surface area (Å²) in [6, 6.07) is 9.24. The van der Waals surface area contributed by atoms with E-state index in [0.29, 0.717) is 43.2 Å². The van der Waals surface area contributed by atoms with Crippen molar-refractivity contribution in [2.75, 3.05) is 36.9 Å². The number of hydrogen-bond acceptors (Lipinski definition) is 7. The summed E-state index contributed by atoms with van der Waals surface area (Å²) < 4.78 is 34.7. The van der Waals surface area contributed by atoms with Crippen LogP contribution in [0.5, 0.6) is 5.75 Å². The quantitative estimate of drug-likeness (QED) is 0.512. The number of thiophene rings is 1. The minimum Gasteiger partial charge on any atom is -0.491 e. The first kappa shape index (κ1) is 22.5. The molecule has 2 fully saturated rings. The van der Waals surface area contributed by atoms with Crippen molar-refractivity contribution in [1.82, 2.24) is 15.6 Å². The first-order valence-corrected chi connectivity index (χ1v) is 12.7. The van der Waals surface area contributed by atoms with E-state index >= 15 is 0 Å². The molecule has 0 bridgehead atoms. The number of amides is 1. The second kappa shape index (κ2) is 8.30. The van der Waals surface area contributed by atoms with E-state index in [-0.39, 0.29) is 24.4 Å². The van der Waals surface area contributed by atoms with Gasteiger partial charge in [-0.2, -0.15) is 0 Å². The minimum atomic E-state index is -2.63. The van der Waals surface area contributed by atoms with Crippen LogP contribution in [0.4, 0.5) is 20.2 Å². The number of halogens is 2. The standard InChI is InChI=1S/C25H27F2N5O2S/c1-13-2-5-17-21(28)22(35-24(17)30-13)23(33)31-15-8-14-3-4-16(9-20(14)34-12-15)32-10-18-19(11-32)29-7-6-25(18,26)27/h2-5,9,15,18-19,29H,6-8,10-12,28H2,1H3,(H,31,33)/t15-,18-,19+/m1/s1. The van der Waals surface area contributed by atoms with Crippen molar-refractivity contribution < 1.29 is 18.3 Å². The molecule has 0 radical (unpaired) electrons. The summed E-state index contributed by atoms with van der Waals surface area (Å²) in [5, 5.41) is 7.08. The second-order valence-corrected chi connectivity index (χ2v) is 10.7. The number of nitrogens with zero attached hydrogens (tertiary/aromatic N) is 2. The van der Waals surface area contributed by atoms with Gasteiger partial charge in [-0.25, -0.2) is 13.8 Å². The molecule has 3 atom stereocenters. The number of hydrogen-bond donors (Lipinski definition) is 3. The summed E-state index contributed by atoms with van der Waals surface area (Å²) >= 11 is 1.29. The number of fused-ring (bicyclic) bond motifs is 3. The molecular formula is C25H27F2N5O2S. The molecule has 0 unspecified atom stereocenters. The van der Waals surface area contributed by atoms with Crippen LogP contribution < -0.4 is 26.0 Å². The molecule has 1 amide bonds. The lowest BCUT2D eigenvalue weighted by Gasteiger charge is -2.33. The number of nitrogen functional groups attached to an aromatic ring is 1. The molecule has 10 heteroatoms. The Morgan fingerprint density at radius 3 is 3.00 bits per heavy atom. The van der Waals surface area contributed by atoms with Crippen molar-refractivity contribution in [1.29, 1.82) is 0 Å². The van der Waals surface area contributed by atoms with E-state index in [1.165, 1.54) is 11.3 Å². The zero-order chi connectivity index (χ0) is 24.3. The fraction of sp³-hybridized carbons (Fsp3) is 0.440. The van der Waals surface area contributed by atoms with Crippen molar-refractivity contribution in [3.63, 3.8) is 0 Å². The number of ether oxygens (including phenoxy) is 1. The average molecular weight is 500 g/mol. The lowest BCUT2D eigenvalue weighted by molar-refractivity contribution is -0.0811. The number of anilines is 2. The van der Waals surface area contributed by atoms with Crippen LogP contribution in [0.2, 0.25) is 0 Å². The number of benzene rings is 1. The number of aromatic nitrogens is 1. The van der Waals surface area contributed by atoms with Crippen LogP contribution in [0, 0.1) is 12.8 Å². The SMILES string of the molecule is Cc1ccc2c(N)c(C(=O)N[C@H]3COc4cc(N5C[C@@H]6NCCC(F)(F)[C@@H]6C5)ccc4C3)sc2n1. The highest BCUT2D eigenvalue weighted by Gasteiger charge is 2.51. The number of piperidine rings is 1. The molecule has 3 aliphatic heterocycles. The molecule has 4 N–H and O–H groups in total. The van der Waals surface area contributed by atoms with Crippen LogP contribution in [0.1, 0.15) is 27.3 Å². The first-order valence-electron chi connectivity index (χ1n) is 11.9. The Kier molecular flexibility index (Phi) is 5.33. The van der Waals surface area contributed by atoms with E-state index in [2.05, 4.69) is 15.6 Å². The number of aryl methyl sites for hydroxylation is 1. The van der Waals surface area contributed by atoms with Crippen molar-refractivity contribution in [3.8, 4) is 5.75 Å². The number of carbonyl (C=O) groups is 1. The van der Waals surface area contributed by atoms with Gasteiger partial charge < -0.3 is 26.0 Å². The van der Waals surface area contributed by atoms with Crippen molar-refractivity contribution in [2.45, 2.75) is 37.8 Å². The van der Waals surface area contributed by atoms with E-state index in [4.69, 9.17) is 10.5 Å². The summed E-state index contributed by atoms with van der Waals surface area (Å²) in [6.07, 6.45) is 0.514. The van der Waals surface area contributed by atoms with Gasteiger partial charge in [0.05, 0.1) is 17.6 Å². The average Bonchev–Trinajstić information content (AvgIpc) is 3.41. The summed E-state index contributed by atoms with van der Waals surface area (Å²) in [7, 11) is 0. The molecule has 0 saturated carbocycles. The number of pyridine rings is 1. The molecule has 35 heavy (non-hydrogen) atoms. The van der Waals surface area contributed by atoms with Crippen LogP contribution in [0.3, 0.4) is 0 Å². The summed E-state index contributed by atoms with van der Waals surface area (Å²) in [5.74, 6) is -2.80. The normalized spacial score (nSPS) is 25.1.